The second-order valence-corrected chi connectivity index (χ2v) is 9.01. The number of pyridine rings is 1. The van der Waals surface area contributed by atoms with Crippen molar-refractivity contribution in [3.8, 4) is 0 Å². The summed E-state index contributed by atoms with van der Waals surface area (Å²) in [5.74, 6) is 0. The van der Waals surface area contributed by atoms with Crippen LogP contribution in [0.4, 0.5) is 18.9 Å². The second kappa shape index (κ2) is 10.5. The maximum absolute atomic E-state index is 13.2. The van der Waals surface area contributed by atoms with Crippen molar-refractivity contribution in [1.82, 2.24) is 24.1 Å². The molecule has 1 unspecified atom stereocenters. The summed E-state index contributed by atoms with van der Waals surface area (Å²) in [6.07, 6.45) is 0.406. The van der Waals surface area contributed by atoms with Crippen LogP contribution in [0, 0.1) is 0 Å². The van der Waals surface area contributed by atoms with Crippen LogP contribution < -0.4 is 10.5 Å². The van der Waals surface area contributed by atoms with Crippen LogP contribution >= 0.6 is 40.0 Å². The highest BCUT2D eigenvalue weighted by Gasteiger charge is 2.35. The molecule has 1 aliphatic rings. The molecule has 0 bridgehead atoms. The maximum Gasteiger partial charge on any atom is 0.433 e. The fourth-order valence-corrected chi connectivity index (χ4v) is 5.06. The molecule has 7 nitrogen and oxygen atoms in total. The van der Waals surface area contributed by atoms with Gasteiger partial charge in [0, 0.05) is 30.4 Å². The van der Waals surface area contributed by atoms with Gasteiger partial charge in [0.15, 0.2) is 0 Å². The summed E-state index contributed by atoms with van der Waals surface area (Å²) in [7, 11) is 0. The number of hydrogen-bond donors (Lipinski definition) is 0. The number of imidazole rings is 1. The van der Waals surface area contributed by atoms with Gasteiger partial charge in [-0.05, 0) is 28.1 Å². The second-order valence-electron chi connectivity index (χ2n) is 6.59. The fraction of sp³-hybridized carbons (Fsp3) is 0.368. The lowest BCUT2D eigenvalue weighted by atomic mass is 10.1. The van der Waals surface area contributed by atoms with Gasteiger partial charge in [0.05, 0.1) is 43.4 Å². The molecule has 1 aliphatic heterocycles. The van der Waals surface area contributed by atoms with Gasteiger partial charge in [-0.15, -0.1) is 0 Å². The SMILES string of the molecule is CC.O=c1c(Cl)c(N2CCc3c(ncn3Cc3cccnc3C(F)(F)F)C2)cnn1PI. The quantitative estimate of drug-likeness (QED) is 0.315. The number of hydrogen-bond acceptors (Lipinski definition) is 5. The molecule has 32 heavy (non-hydrogen) atoms. The van der Waals surface area contributed by atoms with Crippen LogP contribution in [0.5, 0.6) is 0 Å². The highest BCUT2D eigenvalue weighted by Crippen LogP contribution is 2.32. The smallest absolute Gasteiger partial charge is 0.362 e. The number of alkyl halides is 3. The molecule has 4 heterocycles. The van der Waals surface area contributed by atoms with E-state index >= 15 is 0 Å². The molecule has 0 saturated heterocycles. The van der Waals surface area contributed by atoms with Crippen molar-refractivity contribution >= 4 is 45.7 Å². The molecule has 3 aromatic heterocycles. The van der Waals surface area contributed by atoms with Gasteiger partial charge in [-0.1, -0.05) is 31.5 Å². The van der Waals surface area contributed by atoms with Gasteiger partial charge in [0.1, 0.15) is 10.7 Å². The van der Waals surface area contributed by atoms with E-state index in [4.69, 9.17) is 11.6 Å². The van der Waals surface area contributed by atoms with Gasteiger partial charge in [0.25, 0.3) is 5.56 Å². The van der Waals surface area contributed by atoms with Crippen molar-refractivity contribution in [1.29, 1.82) is 0 Å². The first-order chi connectivity index (χ1) is 15.3. The van der Waals surface area contributed by atoms with Crippen molar-refractivity contribution in [3.05, 3.63) is 68.9 Å². The van der Waals surface area contributed by atoms with Crippen LogP contribution in [0.15, 0.2) is 35.6 Å². The third-order valence-electron chi connectivity index (χ3n) is 4.81. The Balaban J connectivity index is 0.00000141. The van der Waals surface area contributed by atoms with E-state index in [0.717, 1.165) is 17.6 Å². The zero-order valence-electron chi connectivity index (χ0n) is 17.2. The molecule has 4 rings (SSSR count). The third-order valence-corrected chi connectivity index (χ3v) is 7.02. The van der Waals surface area contributed by atoms with Crippen LogP contribution in [-0.2, 0) is 25.7 Å². The lowest BCUT2D eigenvalue weighted by molar-refractivity contribution is -0.141. The minimum absolute atomic E-state index is 0.0277. The van der Waals surface area contributed by atoms with E-state index in [-0.39, 0.29) is 29.1 Å². The number of aromatic nitrogens is 5. The Bertz CT molecular complexity index is 1150. The van der Waals surface area contributed by atoms with E-state index < -0.39 is 11.9 Å². The Morgan fingerprint density at radius 3 is 2.72 bits per heavy atom. The van der Waals surface area contributed by atoms with Crippen molar-refractivity contribution in [2.75, 3.05) is 11.4 Å². The minimum atomic E-state index is -4.52. The number of anilines is 1. The molecular weight excluding hydrogens is 579 g/mol. The van der Waals surface area contributed by atoms with Gasteiger partial charge in [0.2, 0.25) is 0 Å². The number of rotatable bonds is 4. The molecule has 0 aliphatic carbocycles. The van der Waals surface area contributed by atoms with E-state index in [1.807, 2.05) is 40.8 Å². The maximum atomic E-state index is 13.2. The first kappa shape index (κ1) is 24.9. The summed E-state index contributed by atoms with van der Waals surface area (Å²) in [6, 6.07) is 2.91. The van der Waals surface area contributed by atoms with Gasteiger partial charge in [-0.25, -0.2) is 9.44 Å². The van der Waals surface area contributed by atoms with Crippen molar-refractivity contribution in [2.24, 2.45) is 0 Å². The summed E-state index contributed by atoms with van der Waals surface area (Å²) in [4.78, 5) is 22.0. The average molecular weight is 599 g/mol. The van der Waals surface area contributed by atoms with Crippen LogP contribution in [-0.4, -0.2) is 30.6 Å². The number of fused-ring (bicyclic) bond motifs is 1. The Morgan fingerprint density at radius 2 is 2.03 bits per heavy atom. The molecule has 0 fully saturated rings. The zero-order valence-corrected chi connectivity index (χ0v) is 21.1. The van der Waals surface area contributed by atoms with Crippen LogP contribution in [0.2, 0.25) is 5.02 Å². The summed E-state index contributed by atoms with van der Waals surface area (Å²) in [5, 5.41) is 4.23. The van der Waals surface area contributed by atoms with E-state index in [1.54, 1.807) is 10.8 Å². The molecule has 1 atom stereocenters. The summed E-state index contributed by atoms with van der Waals surface area (Å²) >= 11 is 8.31. The Morgan fingerprint density at radius 1 is 1.28 bits per heavy atom. The van der Waals surface area contributed by atoms with Crippen molar-refractivity contribution < 1.29 is 13.2 Å². The summed E-state index contributed by atoms with van der Waals surface area (Å²) in [5.41, 5.74) is 0.959. The van der Waals surface area contributed by atoms with Gasteiger partial charge < -0.3 is 9.47 Å². The standard InChI is InChI=1S/C17H14ClF3IN6OP.C2H6/c18-14-13(6-25-28(30-22)16(14)29)26-5-3-12-11(8-26)24-9-27(12)7-10-2-1-4-23-15(10)17(19,20)21;1-2/h1-2,4,6,9,30H,3,5,7-8H2;1-2H3. The lowest BCUT2D eigenvalue weighted by Gasteiger charge is -2.29. The molecule has 0 saturated carbocycles. The molecule has 3 aromatic rings. The Kier molecular flexibility index (Phi) is 8.16. The van der Waals surface area contributed by atoms with Gasteiger partial charge >= 0.3 is 6.18 Å². The fourth-order valence-electron chi connectivity index (χ4n) is 3.42. The zero-order chi connectivity index (χ0) is 23.5. The minimum Gasteiger partial charge on any atom is -0.362 e. The molecule has 0 N–H and O–H groups in total. The van der Waals surface area contributed by atoms with Crippen molar-refractivity contribution in [3.63, 3.8) is 0 Å². The normalized spacial score (nSPS) is 13.8. The lowest BCUT2D eigenvalue weighted by Crippen LogP contribution is -2.33. The van der Waals surface area contributed by atoms with Crippen LogP contribution in [0.3, 0.4) is 0 Å². The summed E-state index contributed by atoms with van der Waals surface area (Å²) in [6.45, 7) is 4.95. The molecular formula is C19H20ClF3IN6OP. The number of nitrogens with zero attached hydrogens (tertiary/aromatic N) is 6. The summed E-state index contributed by atoms with van der Waals surface area (Å²) < 4.78 is 42.7. The highest BCUT2D eigenvalue weighted by atomic mass is 127. The highest BCUT2D eigenvalue weighted by molar-refractivity contribution is 14.2. The predicted octanol–water partition coefficient (Wildman–Crippen LogP) is 4.94. The Labute approximate surface area is 202 Å². The first-order valence-corrected chi connectivity index (χ1v) is 14.2. The van der Waals surface area contributed by atoms with Gasteiger partial charge in [-0.3, -0.25) is 9.78 Å². The monoisotopic (exact) mass is 598 g/mol. The van der Waals surface area contributed by atoms with E-state index in [9.17, 15) is 18.0 Å². The number of halogens is 5. The molecule has 13 heteroatoms. The van der Waals surface area contributed by atoms with Gasteiger partial charge in [-0.2, -0.15) is 18.3 Å². The molecule has 0 radical (unpaired) electrons. The molecule has 0 aromatic carbocycles. The molecule has 0 amide bonds. The first-order valence-electron chi connectivity index (χ1n) is 9.73. The molecule has 0 spiro atoms. The topological polar surface area (TPSA) is 68.8 Å². The van der Waals surface area contributed by atoms with E-state index in [1.165, 1.54) is 22.9 Å². The van der Waals surface area contributed by atoms with Crippen LogP contribution in [0.1, 0.15) is 36.5 Å². The van der Waals surface area contributed by atoms with E-state index in [0.29, 0.717) is 25.2 Å². The predicted molar refractivity (Wildman–Crippen MR) is 128 cm³/mol. The molecule has 172 valence electrons. The Hall–Kier alpha value is -1.72. The largest absolute Gasteiger partial charge is 0.433 e. The van der Waals surface area contributed by atoms with E-state index in [2.05, 4.69) is 15.1 Å². The third kappa shape index (κ3) is 5.09. The average Bonchev–Trinajstić information content (AvgIpc) is 3.18. The van der Waals surface area contributed by atoms with Crippen molar-refractivity contribution in [2.45, 2.75) is 39.5 Å². The van der Waals surface area contributed by atoms with Crippen LogP contribution in [0.25, 0.3) is 0 Å².